The van der Waals surface area contributed by atoms with Crippen molar-refractivity contribution in [1.82, 2.24) is 4.98 Å². The monoisotopic (exact) mass is 437 g/mol. The molecule has 1 unspecified atom stereocenters. The van der Waals surface area contributed by atoms with Gasteiger partial charge in [0.1, 0.15) is 17.9 Å². The van der Waals surface area contributed by atoms with Crippen molar-refractivity contribution in [3.63, 3.8) is 0 Å². The Kier molecular flexibility index (Phi) is 5.69. The summed E-state index contributed by atoms with van der Waals surface area (Å²) in [5.41, 5.74) is 2.96. The Labute approximate surface area is 195 Å². The highest BCUT2D eigenvalue weighted by molar-refractivity contribution is 6.62. The molecule has 1 fully saturated rings. The van der Waals surface area contributed by atoms with Crippen molar-refractivity contribution in [3.8, 4) is 5.75 Å². The van der Waals surface area contributed by atoms with Crippen LogP contribution in [0, 0.1) is 0 Å². The van der Waals surface area contributed by atoms with Gasteiger partial charge in [0.2, 0.25) is 0 Å². The van der Waals surface area contributed by atoms with E-state index in [1.165, 1.54) is 0 Å². The number of hydrogen-bond acceptors (Lipinski definition) is 4. The third-order valence-corrected chi connectivity index (χ3v) is 6.61. The average molecular weight is 437 g/mol. The summed E-state index contributed by atoms with van der Waals surface area (Å²) >= 11 is 0. The van der Waals surface area contributed by atoms with Gasteiger partial charge in [0.05, 0.1) is 11.2 Å². The maximum atomic E-state index is 6.51. The summed E-state index contributed by atoms with van der Waals surface area (Å²) in [6, 6.07) is 30.5. The molecule has 0 N–H and O–H groups in total. The lowest BCUT2D eigenvalue weighted by Gasteiger charge is -2.36. The Morgan fingerprint density at radius 1 is 0.788 bits per heavy atom. The van der Waals surface area contributed by atoms with Crippen LogP contribution >= 0.6 is 0 Å². The second-order valence-electron chi connectivity index (χ2n) is 9.30. The zero-order chi connectivity index (χ0) is 22.9. The smallest absolute Gasteiger partial charge is 0.487 e. The molecule has 1 aromatic heterocycles. The number of benzene rings is 3. The number of nitrogens with zero attached hydrogens (tertiary/aromatic N) is 1. The molecule has 33 heavy (non-hydrogen) atoms. The summed E-state index contributed by atoms with van der Waals surface area (Å²) in [5.74, 6) is 0.786. The Morgan fingerprint density at radius 2 is 1.52 bits per heavy atom. The lowest BCUT2D eigenvalue weighted by molar-refractivity contribution is -0.00939. The second-order valence-corrected chi connectivity index (χ2v) is 9.30. The highest BCUT2D eigenvalue weighted by Gasteiger charge is 2.54. The van der Waals surface area contributed by atoms with E-state index in [-0.39, 0.29) is 0 Å². The number of para-hydroxylation sites is 1. The van der Waals surface area contributed by atoms with Crippen molar-refractivity contribution in [2.75, 3.05) is 0 Å². The maximum absolute atomic E-state index is 6.51. The van der Waals surface area contributed by atoms with Crippen molar-refractivity contribution in [3.05, 3.63) is 102 Å². The van der Waals surface area contributed by atoms with Crippen molar-refractivity contribution in [1.29, 1.82) is 0 Å². The molecule has 0 radical (unpaired) electrons. The molecule has 0 aliphatic carbocycles. The van der Waals surface area contributed by atoms with Crippen molar-refractivity contribution < 1.29 is 14.0 Å². The molecule has 1 aliphatic heterocycles. The summed E-state index contributed by atoms with van der Waals surface area (Å²) in [6.07, 6.45) is 0.631. The predicted octanol–water partition coefficient (Wildman–Crippen LogP) is 5.34. The van der Waals surface area contributed by atoms with E-state index >= 15 is 0 Å². The fourth-order valence-corrected chi connectivity index (χ4v) is 4.25. The van der Waals surface area contributed by atoms with Gasteiger partial charge in [0, 0.05) is 17.5 Å². The minimum Gasteiger partial charge on any atom is -0.487 e. The Hall–Kier alpha value is -3.15. The van der Waals surface area contributed by atoms with Crippen LogP contribution in [0.3, 0.4) is 0 Å². The van der Waals surface area contributed by atoms with Gasteiger partial charge < -0.3 is 14.0 Å². The van der Waals surface area contributed by atoms with Crippen LogP contribution in [-0.2, 0) is 22.3 Å². The predicted molar refractivity (Wildman–Crippen MR) is 133 cm³/mol. The molecule has 1 aliphatic rings. The quantitative estimate of drug-likeness (QED) is 0.382. The van der Waals surface area contributed by atoms with Crippen LogP contribution < -0.4 is 10.2 Å². The molecule has 5 heteroatoms. The summed E-state index contributed by atoms with van der Waals surface area (Å²) in [6.45, 7) is 6.79. The van der Waals surface area contributed by atoms with Gasteiger partial charge in [-0.15, -0.1) is 0 Å². The van der Waals surface area contributed by atoms with Crippen LogP contribution in [0.2, 0.25) is 0 Å². The van der Waals surface area contributed by atoms with Crippen LogP contribution in [-0.4, -0.2) is 23.3 Å². The van der Waals surface area contributed by atoms with Crippen LogP contribution in [0.5, 0.6) is 5.75 Å². The third kappa shape index (κ3) is 4.39. The molecule has 0 spiro atoms. The van der Waals surface area contributed by atoms with E-state index in [2.05, 4.69) is 51.1 Å². The molecule has 1 saturated heterocycles. The molecule has 2 heterocycles. The number of hydrogen-bond donors (Lipinski definition) is 0. The molecule has 0 saturated carbocycles. The van der Waals surface area contributed by atoms with Gasteiger partial charge in [-0.25, -0.2) is 4.98 Å². The summed E-state index contributed by atoms with van der Waals surface area (Å²) < 4.78 is 19.0. The summed E-state index contributed by atoms with van der Waals surface area (Å²) in [4.78, 5) is 5.00. The molecule has 0 amide bonds. The van der Waals surface area contributed by atoms with Crippen molar-refractivity contribution in [2.24, 2.45) is 0 Å². The summed E-state index contributed by atoms with van der Waals surface area (Å²) in [5, 5.41) is 1.06. The van der Waals surface area contributed by atoms with Gasteiger partial charge in [-0.3, -0.25) is 0 Å². The molecule has 166 valence electrons. The highest BCUT2D eigenvalue weighted by Crippen LogP contribution is 2.39. The molecule has 4 nitrogen and oxygen atoms in total. The van der Waals surface area contributed by atoms with Crippen LogP contribution in [0.25, 0.3) is 10.9 Å². The van der Waals surface area contributed by atoms with Gasteiger partial charge in [-0.05, 0) is 43.9 Å². The van der Waals surface area contributed by atoms with E-state index in [0.717, 1.165) is 33.4 Å². The molecule has 3 aromatic carbocycles. The topological polar surface area (TPSA) is 40.6 Å². The molecular formula is C28H28BNO3. The van der Waals surface area contributed by atoms with E-state index in [9.17, 15) is 0 Å². The van der Waals surface area contributed by atoms with Gasteiger partial charge in [0.15, 0.2) is 0 Å². The van der Waals surface area contributed by atoms with Gasteiger partial charge in [-0.1, -0.05) is 78.9 Å². The Balaban J connectivity index is 1.40. The van der Waals surface area contributed by atoms with E-state index in [1.54, 1.807) is 0 Å². The Bertz CT molecular complexity index is 1250. The standard InChI is InChI=1S/C28H28BNO3/c1-27(2)28(3,33-29(32-27)23-14-8-5-9-15-23)19-24-18-17-22-13-10-16-25(26(22)30-24)31-20-21-11-6-4-7-12-21/h4-18H,19-20H2,1-3H3. The van der Waals surface area contributed by atoms with E-state index in [1.807, 2.05) is 60.7 Å². The molecular weight excluding hydrogens is 409 g/mol. The third-order valence-electron chi connectivity index (χ3n) is 6.61. The highest BCUT2D eigenvalue weighted by atomic mass is 16.7. The molecule has 4 aromatic rings. The van der Waals surface area contributed by atoms with E-state index in [0.29, 0.717) is 13.0 Å². The van der Waals surface area contributed by atoms with Gasteiger partial charge in [0.25, 0.3) is 0 Å². The zero-order valence-electron chi connectivity index (χ0n) is 19.3. The van der Waals surface area contributed by atoms with Crippen LogP contribution in [0.15, 0.2) is 91.0 Å². The van der Waals surface area contributed by atoms with Gasteiger partial charge in [-0.2, -0.15) is 0 Å². The minimum absolute atomic E-state index is 0.392. The number of pyridine rings is 1. The fraction of sp³-hybridized carbons (Fsp3) is 0.250. The van der Waals surface area contributed by atoms with E-state index < -0.39 is 18.3 Å². The van der Waals surface area contributed by atoms with Crippen molar-refractivity contribution in [2.45, 2.75) is 45.0 Å². The number of rotatable bonds is 6. The first-order valence-corrected chi connectivity index (χ1v) is 11.4. The maximum Gasteiger partial charge on any atom is 0.494 e. The largest absolute Gasteiger partial charge is 0.494 e. The minimum atomic E-state index is -0.534. The first kappa shape index (κ1) is 21.7. The number of fused-ring (bicyclic) bond motifs is 1. The summed E-state index contributed by atoms with van der Waals surface area (Å²) in [7, 11) is -0.392. The first-order valence-electron chi connectivity index (χ1n) is 11.4. The zero-order valence-corrected chi connectivity index (χ0v) is 19.3. The van der Waals surface area contributed by atoms with Gasteiger partial charge >= 0.3 is 7.12 Å². The van der Waals surface area contributed by atoms with Crippen LogP contribution in [0.4, 0.5) is 0 Å². The molecule has 0 bridgehead atoms. The lowest BCUT2D eigenvalue weighted by Crippen LogP contribution is -2.46. The number of aromatic nitrogens is 1. The first-order chi connectivity index (χ1) is 15.9. The molecule has 1 atom stereocenters. The van der Waals surface area contributed by atoms with E-state index in [4.69, 9.17) is 19.0 Å². The fourth-order valence-electron chi connectivity index (χ4n) is 4.25. The van der Waals surface area contributed by atoms with Crippen LogP contribution in [0.1, 0.15) is 32.0 Å². The SMILES string of the molecule is CC1(C)OB(c2ccccc2)OC1(C)Cc1ccc2cccc(OCc3ccccc3)c2n1. The number of ether oxygens (including phenoxy) is 1. The Morgan fingerprint density at radius 3 is 2.27 bits per heavy atom. The molecule has 5 rings (SSSR count). The normalized spacial score (nSPS) is 19.7. The lowest BCUT2D eigenvalue weighted by atomic mass is 9.79. The second kappa shape index (κ2) is 8.66. The average Bonchev–Trinajstić information content (AvgIpc) is 3.07. The van der Waals surface area contributed by atoms with Crippen molar-refractivity contribution >= 4 is 23.5 Å².